The third-order valence-corrected chi connectivity index (χ3v) is 4.83. The van der Waals surface area contributed by atoms with Gasteiger partial charge in [0.15, 0.2) is 0 Å². The summed E-state index contributed by atoms with van der Waals surface area (Å²) >= 11 is 5.86. The van der Waals surface area contributed by atoms with Crippen molar-refractivity contribution in [2.24, 2.45) is 0 Å². The Morgan fingerprint density at radius 2 is 1.71 bits per heavy atom. The lowest BCUT2D eigenvalue weighted by atomic mass is 10.1. The van der Waals surface area contributed by atoms with Gasteiger partial charge in [-0.3, -0.25) is 25.0 Å². The van der Waals surface area contributed by atoms with Gasteiger partial charge in [0.05, 0.1) is 16.3 Å². The summed E-state index contributed by atoms with van der Waals surface area (Å²) in [5.74, 6) is -1.64. The van der Waals surface area contributed by atoms with Gasteiger partial charge < -0.3 is 4.57 Å². The van der Waals surface area contributed by atoms with Gasteiger partial charge in [0.1, 0.15) is 5.57 Å². The number of rotatable bonds is 4. The number of nitro groups is 1. The van der Waals surface area contributed by atoms with E-state index in [0.29, 0.717) is 16.4 Å². The van der Waals surface area contributed by atoms with E-state index in [1.165, 1.54) is 48.5 Å². The number of nitro benzene ring substituents is 1. The molecule has 0 radical (unpaired) electrons. The van der Waals surface area contributed by atoms with Crippen molar-refractivity contribution in [1.82, 2.24) is 9.88 Å². The van der Waals surface area contributed by atoms with Crippen LogP contribution in [0.1, 0.15) is 5.69 Å². The van der Waals surface area contributed by atoms with Gasteiger partial charge >= 0.3 is 6.03 Å². The van der Waals surface area contributed by atoms with Gasteiger partial charge in [0.2, 0.25) is 0 Å². The fourth-order valence-electron chi connectivity index (χ4n) is 3.13. The second-order valence-corrected chi connectivity index (χ2v) is 6.95. The number of halogens is 1. The summed E-state index contributed by atoms with van der Waals surface area (Å²) in [6, 6.07) is 14.4. The maximum Gasteiger partial charge on any atom is 0.335 e. The molecule has 0 saturated carbocycles. The number of urea groups is 1. The van der Waals surface area contributed by atoms with Crippen molar-refractivity contribution in [2.45, 2.75) is 0 Å². The lowest BCUT2D eigenvalue weighted by molar-refractivity contribution is -0.384. The van der Waals surface area contributed by atoms with Gasteiger partial charge in [0, 0.05) is 29.0 Å². The van der Waals surface area contributed by atoms with E-state index in [4.69, 9.17) is 11.6 Å². The van der Waals surface area contributed by atoms with Gasteiger partial charge in [-0.2, -0.15) is 0 Å². The summed E-state index contributed by atoms with van der Waals surface area (Å²) < 4.78 is 1.59. The van der Waals surface area contributed by atoms with Crippen molar-refractivity contribution in [2.75, 3.05) is 4.90 Å². The molecular formula is C21H13ClN4O5. The molecule has 9 nitrogen and oxygen atoms in total. The summed E-state index contributed by atoms with van der Waals surface area (Å²) in [4.78, 5) is 49.1. The van der Waals surface area contributed by atoms with Crippen LogP contribution >= 0.6 is 11.6 Å². The molecule has 2 heterocycles. The third-order valence-electron chi connectivity index (χ3n) is 4.58. The van der Waals surface area contributed by atoms with E-state index in [0.717, 1.165) is 4.90 Å². The number of imide groups is 2. The number of barbiturate groups is 1. The normalized spacial score (nSPS) is 15.3. The molecule has 1 aliphatic heterocycles. The quantitative estimate of drug-likeness (QED) is 0.290. The number of carbonyl (C=O) groups excluding carboxylic acids is 3. The lowest BCUT2D eigenvalue weighted by Gasteiger charge is -2.26. The maximum absolute atomic E-state index is 13.0. The minimum absolute atomic E-state index is 0.101. The monoisotopic (exact) mass is 436 g/mol. The van der Waals surface area contributed by atoms with Crippen molar-refractivity contribution < 1.29 is 19.3 Å². The molecule has 3 aromatic rings. The predicted molar refractivity (Wildman–Crippen MR) is 113 cm³/mol. The topological polar surface area (TPSA) is 115 Å². The average molecular weight is 437 g/mol. The zero-order valence-corrected chi connectivity index (χ0v) is 16.4. The zero-order valence-electron chi connectivity index (χ0n) is 15.7. The smallest absolute Gasteiger partial charge is 0.317 e. The molecule has 1 aliphatic rings. The van der Waals surface area contributed by atoms with Crippen LogP contribution in [0.15, 0.2) is 72.4 Å². The average Bonchev–Trinajstić information content (AvgIpc) is 3.21. The Balaban J connectivity index is 1.74. The summed E-state index contributed by atoms with van der Waals surface area (Å²) in [6.07, 6.45) is 2.96. The molecule has 31 heavy (non-hydrogen) atoms. The molecule has 1 saturated heterocycles. The molecule has 0 unspecified atom stereocenters. The first-order chi connectivity index (χ1) is 14.8. The summed E-state index contributed by atoms with van der Waals surface area (Å²) in [7, 11) is 0. The lowest BCUT2D eigenvalue weighted by Crippen LogP contribution is -2.54. The van der Waals surface area contributed by atoms with Crippen LogP contribution in [0.25, 0.3) is 11.8 Å². The number of nitrogens with zero attached hydrogens (tertiary/aromatic N) is 3. The van der Waals surface area contributed by atoms with E-state index in [-0.39, 0.29) is 16.9 Å². The Bertz CT molecular complexity index is 1260. The highest BCUT2D eigenvalue weighted by Gasteiger charge is 2.37. The van der Waals surface area contributed by atoms with Crippen LogP contribution in [0.5, 0.6) is 0 Å². The van der Waals surface area contributed by atoms with E-state index in [1.807, 2.05) is 0 Å². The minimum Gasteiger partial charge on any atom is -0.317 e. The van der Waals surface area contributed by atoms with Crippen LogP contribution < -0.4 is 10.2 Å². The fraction of sp³-hybridized carbons (Fsp3) is 0. The summed E-state index contributed by atoms with van der Waals surface area (Å²) in [5, 5.41) is 13.6. The van der Waals surface area contributed by atoms with Crippen LogP contribution in [-0.4, -0.2) is 27.3 Å². The van der Waals surface area contributed by atoms with Gasteiger partial charge in [-0.1, -0.05) is 17.7 Å². The van der Waals surface area contributed by atoms with Gasteiger partial charge in [-0.15, -0.1) is 0 Å². The van der Waals surface area contributed by atoms with E-state index in [1.54, 1.807) is 29.0 Å². The SMILES string of the molecule is O=C1NC(=O)N(c2ccc(Cl)cc2)C(=O)/C1=C/c1cccn1-c1cccc([N+](=O)[O-])c1. The van der Waals surface area contributed by atoms with Crippen molar-refractivity contribution in [3.8, 4) is 5.69 Å². The Morgan fingerprint density at radius 1 is 0.968 bits per heavy atom. The molecule has 0 spiro atoms. The number of nitrogens with one attached hydrogen (secondary N) is 1. The van der Waals surface area contributed by atoms with Gasteiger partial charge in [-0.05, 0) is 48.5 Å². The van der Waals surface area contributed by atoms with E-state index in [9.17, 15) is 24.5 Å². The number of benzene rings is 2. The van der Waals surface area contributed by atoms with Crippen LogP contribution in [0.3, 0.4) is 0 Å². The molecule has 2 aromatic carbocycles. The van der Waals surface area contributed by atoms with E-state index < -0.39 is 22.8 Å². The van der Waals surface area contributed by atoms with Crippen molar-refractivity contribution in [3.63, 3.8) is 0 Å². The Morgan fingerprint density at radius 3 is 2.42 bits per heavy atom. The molecule has 1 N–H and O–H groups in total. The highest BCUT2D eigenvalue weighted by molar-refractivity contribution is 6.39. The second kappa shape index (κ2) is 7.88. The molecular weight excluding hydrogens is 424 g/mol. The van der Waals surface area contributed by atoms with Gasteiger partial charge in [0.25, 0.3) is 17.5 Å². The molecule has 0 atom stereocenters. The second-order valence-electron chi connectivity index (χ2n) is 6.51. The highest BCUT2D eigenvalue weighted by Crippen LogP contribution is 2.25. The number of amides is 4. The maximum atomic E-state index is 13.0. The number of non-ortho nitro benzene ring substituents is 1. The standard InChI is InChI=1S/C21H13ClN4O5/c22-13-6-8-14(9-7-13)25-20(28)18(19(27)23-21(25)29)12-16-5-2-10-24(16)15-3-1-4-17(11-15)26(30)31/h1-12H,(H,23,27,29)/b18-12+. The molecule has 1 fully saturated rings. The Labute approximate surface area is 180 Å². The Hall–Kier alpha value is -4.24. The number of anilines is 1. The third kappa shape index (κ3) is 3.81. The fourth-order valence-corrected chi connectivity index (χ4v) is 3.26. The molecule has 4 rings (SSSR count). The van der Waals surface area contributed by atoms with E-state index in [2.05, 4.69) is 5.32 Å². The van der Waals surface area contributed by atoms with Gasteiger partial charge in [-0.25, -0.2) is 9.69 Å². The largest absolute Gasteiger partial charge is 0.335 e. The van der Waals surface area contributed by atoms with Crippen molar-refractivity contribution in [3.05, 3.63) is 93.3 Å². The summed E-state index contributed by atoms with van der Waals surface area (Å²) in [5.41, 5.74) is 0.778. The van der Waals surface area contributed by atoms with Crippen LogP contribution in [0.4, 0.5) is 16.2 Å². The molecule has 0 aliphatic carbocycles. The number of carbonyl (C=O) groups is 3. The van der Waals surface area contributed by atoms with Crippen LogP contribution in [0, 0.1) is 10.1 Å². The number of hydrogen-bond donors (Lipinski definition) is 1. The van der Waals surface area contributed by atoms with Crippen LogP contribution in [-0.2, 0) is 9.59 Å². The highest BCUT2D eigenvalue weighted by atomic mass is 35.5. The minimum atomic E-state index is -0.872. The molecule has 0 bridgehead atoms. The first-order valence-electron chi connectivity index (χ1n) is 8.94. The molecule has 154 valence electrons. The van der Waals surface area contributed by atoms with E-state index >= 15 is 0 Å². The molecule has 1 aromatic heterocycles. The predicted octanol–water partition coefficient (Wildman–Crippen LogP) is 3.71. The first kappa shape index (κ1) is 20.0. The molecule has 10 heteroatoms. The zero-order chi connectivity index (χ0) is 22.1. The number of aromatic nitrogens is 1. The van der Waals surface area contributed by atoms with Crippen molar-refractivity contribution >= 4 is 46.9 Å². The Kier molecular flexibility index (Phi) is 5.10. The van der Waals surface area contributed by atoms with Crippen molar-refractivity contribution in [1.29, 1.82) is 0 Å². The van der Waals surface area contributed by atoms with Crippen LogP contribution in [0.2, 0.25) is 5.02 Å². The summed E-state index contributed by atoms with van der Waals surface area (Å²) in [6.45, 7) is 0. The first-order valence-corrected chi connectivity index (χ1v) is 9.32. The molecule has 4 amide bonds. The number of hydrogen-bond acceptors (Lipinski definition) is 5.